The van der Waals surface area contributed by atoms with Crippen molar-refractivity contribution in [3.8, 4) is 0 Å². The fourth-order valence-corrected chi connectivity index (χ4v) is 0.775. The summed E-state index contributed by atoms with van der Waals surface area (Å²) in [7, 11) is 0. The smallest absolute Gasteiger partial charge is 0.159 e. The van der Waals surface area contributed by atoms with Gasteiger partial charge in [0, 0.05) is 0 Å². The fraction of sp³-hybridized carbons (Fsp3) is 0.125. The number of hydrogen-bond acceptors (Lipinski definition) is 2. The summed E-state index contributed by atoms with van der Waals surface area (Å²) >= 11 is 0. The number of aliphatic hydroxyl groups is 1. The molecule has 0 fully saturated rings. The van der Waals surface area contributed by atoms with Crippen LogP contribution in [0.25, 0.3) is 0 Å². The highest BCUT2D eigenvalue weighted by Crippen LogP contribution is 2.14. The van der Waals surface area contributed by atoms with Gasteiger partial charge in [-0.15, -0.1) is 0 Å². The zero-order valence-corrected chi connectivity index (χ0v) is 6.00. The maximum absolute atomic E-state index is 12.5. The zero-order chi connectivity index (χ0) is 9.14. The van der Waals surface area contributed by atoms with E-state index in [1.54, 1.807) is 0 Å². The average molecular weight is 172 g/mol. The Balaban J connectivity index is 3.04. The highest BCUT2D eigenvalue weighted by Gasteiger charge is 2.08. The summed E-state index contributed by atoms with van der Waals surface area (Å²) in [6, 6.07) is 2.79. The van der Waals surface area contributed by atoms with E-state index in [9.17, 15) is 13.6 Å². The minimum absolute atomic E-state index is 0.0453. The quantitative estimate of drug-likeness (QED) is 0.680. The Morgan fingerprint density at radius 1 is 1.33 bits per heavy atom. The van der Waals surface area contributed by atoms with E-state index in [4.69, 9.17) is 5.11 Å². The highest BCUT2D eigenvalue weighted by atomic mass is 19.2. The molecule has 0 aromatic heterocycles. The van der Waals surface area contributed by atoms with Crippen LogP contribution in [0.4, 0.5) is 8.78 Å². The SMILES string of the molecule is O=C[C@H](O)c1ccc(F)c(F)c1. The van der Waals surface area contributed by atoms with E-state index < -0.39 is 17.7 Å². The van der Waals surface area contributed by atoms with Crippen molar-refractivity contribution in [3.63, 3.8) is 0 Å². The molecule has 0 heterocycles. The van der Waals surface area contributed by atoms with Crippen LogP contribution in [-0.4, -0.2) is 11.4 Å². The highest BCUT2D eigenvalue weighted by molar-refractivity contribution is 5.59. The van der Waals surface area contributed by atoms with Crippen LogP contribution < -0.4 is 0 Å². The van der Waals surface area contributed by atoms with Crippen molar-refractivity contribution in [3.05, 3.63) is 35.4 Å². The molecule has 1 rings (SSSR count). The molecular weight excluding hydrogens is 166 g/mol. The van der Waals surface area contributed by atoms with Gasteiger partial charge in [0.1, 0.15) is 6.10 Å². The van der Waals surface area contributed by atoms with Crippen LogP contribution in [0.3, 0.4) is 0 Å². The first-order chi connectivity index (χ1) is 5.65. The van der Waals surface area contributed by atoms with Crippen LogP contribution in [0, 0.1) is 11.6 Å². The molecule has 0 saturated carbocycles. The van der Waals surface area contributed by atoms with Crippen LogP contribution in [0.1, 0.15) is 11.7 Å². The lowest BCUT2D eigenvalue weighted by atomic mass is 10.1. The van der Waals surface area contributed by atoms with Crippen LogP contribution in [0.2, 0.25) is 0 Å². The van der Waals surface area contributed by atoms with Gasteiger partial charge in [-0.25, -0.2) is 8.78 Å². The molecular formula is C8H6F2O2. The number of aldehydes is 1. The summed E-state index contributed by atoms with van der Waals surface area (Å²) in [6.45, 7) is 0. The second-order valence-electron chi connectivity index (χ2n) is 2.25. The van der Waals surface area contributed by atoms with E-state index in [0.29, 0.717) is 0 Å². The van der Waals surface area contributed by atoms with Crippen LogP contribution in [-0.2, 0) is 4.79 Å². The second kappa shape index (κ2) is 3.40. The van der Waals surface area contributed by atoms with Crippen LogP contribution >= 0.6 is 0 Å². The molecule has 0 radical (unpaired) electrons. The minimum Gasteiger partial charge on any atom is -0.381 e. The van der Waals surface area contributed by atoms with E-state index in [1.807, 2.05) is 0 Å². The molecule has 64 valence electrons. The normalized spacial score (nSPS) is 12.6. The lowest BCUT2D eigenvalue weighted by Crippen LogP contribution is -1.99. The molecule has 2 nitrogen and oxygen atoms in total. The molecule has 1 atom stereocenters. The molecule has 0 amide bonds. The molecule has 0 aliphatic carbocycles. The predicted molar refractivity (Wildman–Crippen MR) is 37.4 cm³/mol. The molecule has 0 bridgehead atoms. The molecule has 4 heteroatoms. The van der Waals surface area contributed by atoms with Crippen molar-refractivity contribution in [1.29, 1.82) is 0 Å². The number of carbonyl (C=O) groups is 1. The number of halogens is 2. The van der Waals surface area contributed by atoms with Crippen molar-refractivity contribution >= 4 is 6.29 Å². The van der Waals surface area contributed by atoms with Crippen molar-refractivity contribution in [2.45, 2.75) is 6.10 Å². The molecule has 0 unspecified atom stereocenters. The first-order valence-corrected chi connectivity index (χ1v) is 3.23. The maximum atomic E-state index is 12.5. The molecule has 12 heavy (non-hydrogen) atoms. The topological polar surface area (TPSA) is 37.3 Å². The second-order valence-corrected chi connectivity index (χ2v) is 2.25. The van der Waals surface area contributed by atoms with Gasteiger partial charge in [0.2, 0.25) is 0 Å². The number of benzene rings is 1. The monoisotopic (exact) mass is 172 g/mol. The lowest BCUT2D eigenvalue weighted by Gasteiger charge is -2.02. The van der Waals surface area contributed by atoms with Gasteiger partial charge in [-0.05, 0) is 17.7 Å². The Morgan fingerprint density at radius 3 is 2.50 bits per heavy atom. The Bertz CT molecular complexity index is 299. The van der Waals surface area contributed by atoms with Gasteiger partial charge in [0.05, 0.1) is 0 Å². The first kappa shape index (κ1) is 8.80. The molecule has 0 aliphatic rings. The minimum atomic E-state index is -1.39. The lowest BCUT2D eigenvalue weighted by molar-refractivity contribution is -0.115. The first-order valence-electron chi connectivity index (χ1n) is 3.23. The van der Waals surface area contributed by atoms with Crippen molar-refractivity contribution < 1.29 is 18.7 Å². The van der Waals surface area contributed by atoms with Crippen molar-refractivity contribution in [2.24, 2.45) is 0 Å². The number of rotatable bonds is 2. The van der Waals surface area contributed by atoms with Crippen molar-refractivity contribution in [2.75, 3.05) is 0 Å². The fourth-order valence-electron chi connectivity index (χ4n) is 0.775. The largest absolute Gasteiger partial charge is 0.381 e. The summed E-state index contributed by atoms with van der Waals surface area (Å²) in [5.74, 6) is -2.08. The Kier molecular flexibility index (Phi) is 2.50. The molecule has 0 saturated heterocycles. The van der Waals surface area contributed by atoms with Gasteiger partial charge >= 0.3 is 0 Å². The summed E-state index contributed by atoms with van der Waals surface area (Å²) in [4.78, 5) is 10.0. The van der Waals surface area contributed by atoms with E-state index in [2.05, 4.69) is 0 Å². The molecule has 1 aromatic carbocycles. The van der Waals surface area contributed by atoms with Gasteiger partial charge in [-0.3, -0.25) is 0 Å². The third-order valence-corrected chi connectivity index (χ3v) is 1.41. The van der Waals surface area contributed by atoms with E-state index >= 15 is 0 Å². The third kappa shape index (κ3) is 1.65. The average Bonchev–Trinajstić information content (AvgIpc) is 2.08. The number of hydrogen-bond donors (Lipinski definition) is 1. The van der Waals surface area contributed by atoms with Gasteiger partial charge in [-0.2, -0.15) is 0 Å². The third-order valence-electron chi connectivity index (χ3n) is 1.41. The van der Waals surface area contributed by atoms with E-state index in [-0.39, 0.29) is 11.8 Å². The maximum Gasteiger partial charge on any atom is 0.159 e. The van der Waals surface area contributed by atoms with Crippen LogP contribution in [0.15, 0.2) is 18.2 Å². The molecule has 1 aromatic rings. The Hall–Kier alpha value is -1.29. The number of carbonyl (C=O) groups excluding carboxylic acids is 1. The summed E-state index contributed by atoms with van der Waals surface area (Å²) in [5.41, 5.74) is 0.0453. The summed E-state index contributed by atoms with van der Waals surface area (Å²) in [5, 5.41) is 8.89. The Labute approximate surface area is 67.4 Å². The summed E-state index contributed by atoms with van der Waals surface area (Å²) < 4.78 is 24.8. The van der Waals surface area contributed by atoms with E-state index in [0.717, 1.165) is 18.2 Å². The van der Waals surface area contributed by atoms with Gasteiger partial charge in [0.25, 0.3) is 0 Å². The predicted octanol–water partition coefficient (Wildman–Crippen LogP) is 1.20. The zero-order valence-electron chi connectivity index (χ0n) is 6.00. The van der Waals surface area contributed by atoms with Crippen LogP contribution in [0.5, 0.6) is 0 Å². The van der Waals surface area contributed by atoms with Gasteiger partial charge in [-0.1, -0.05) is 6.07 Å². The number of aliphatic hydroxyl groups excluding tert-OH is 1. The van der Waals surface area contributed by atoms with Crippen molar-refractivity contribution in [1.82, 2.24) is 0 Å². The Morgan fingerprint density at radius 2 is 2.00 bits per heavy atom. The van der Waals surface area contributed by atoms with Gasteiger partial charge in [0.15, 0.2) is 17.9 Å². The molecule has 1 N–H and O–H groups in total. The summed E-state index contributed by atoms with van der Waals surface area (Å²) in [6.07, 6.45) is -1.15. The van der Waals surface area contributed by atoms with Gasteiger partial charge < -0.3 is 9.90 Å². The molecule has 0 aliphatic heterocycles. The standard InChI is InChI=1S/C8H6F2O2/c9-6-2-1-5(3-7(6)10)8(12)4-11/h1-4,8,12H/t8-/m0/s1. The van der Waals surface area contributed by atoms with E-state index in [1.165, 1.54) is 0 Å². The molecule has 0 spiro atoms.